The highest BCUT2D eigenvalue weighted by Crippen LogP contribution is 2.08. The molecule has 1 heterocycles. The zero-order valence-electron chi connectivity index (χ0n) is 12.8. The summed E-state index contributed by atoms with van der Waals surface area (Å²) in [7, 11) is 0. The maximum atomic E-state index is 10.7. The summed E-state index contributed by atoms with van der Waals surface area (Å²) in [6.45, 7) is 0.839. The Bertz CT molecular complexity index is 805. The van der Waals surface area contributed by atoms with Crippen LogP contribution in [-0.4, -0.2) is 6.29 Å². The molecule has 0 amide bonds. The van der Waals surface area contributed by atoms with E-state index in [1.54, 1.807) is 0 Å². The van der Waals surface area contributed by atoms with E-state index in [9.17, 15) is 4.79 Å². The summed E-state index contributed by atoms with van der Waals surface area (Å²) >= 11 is 0. The first-order valence-electron chi connectivity index (χ1n) is 7.61. The number of benzene rings is 2. The van der Waals surface area contributed by atoms with Gasteiger partial charge in [0.2, 0.25) is 5.69 Å². The summed E-state index contributed by atoms with van der Waals surface area (Å²) < 4.78 is 2.21. The Kier molecular flexibility index (Phi) is 4.75. The zero-order chi connectivity index (χ0) is 15.9. The van der Waals surface area contributed by atoms with Crippen LogP contribution in [0.3, 0.4) is 0 Å². The third-order valence-corrected chi connectivity index (χ3v) is 3.69. The molecule has 2 heteroatoms. The van der Waals surface area contributed by atoms with E-state index < -0.39 is 0 Å². The first kappa shape index (κ1) is 14.9. The van der Waals surface area contributed by atoms with Crippen molar-refractivity contribution in [2.45, 2.75) is 6.54 Å². The van der Waals surface area contributed by atoms with Gasteiger partial charge in [0, 0.05) is 29.3 Å². The molecule has 0 N–H and O–H groups in total. The largest absolute Gasteiger partial charge is 0.298 e. The molecule has 0 aliphatic heterocycles. The lowest BCUT2D eigenvalue weighted by Gasteiger charge is -2.01. The van der Waals surface area contributed by atoms with E-state index in [-0.39, 0.29) is 0 Å². The molecule has 0 atom stereocenters. The van der Waals surface area contributed by atoms with Crippen molar-refractivity contribution in [3.05, 3.63) is 101 Å². The van der Waals surface area contributed by atoms with E-state index in [0.29, 0.717) is 5.56 Å². The molecule has 1 aromatic heterocycles. The predicted molar refractivity (Wildman–Crippen MR) is 92.9 cm³/mol. The molecule has 0 spiro atoms. The van der Waals surface area contributed by atoms with Gasteiger partial charge < -0.3 is 0 Å². The van der Waals surface area contributed by atoms with E-state index in [4.69, 9.17) is 0 Å². The van der Waals surface area contributed by atoms with Crippen LogP contribution in [0, 0.1) is 0 Å². The van der Waals surface area contributed by atoms with Crippen LogP contribution >= 0.6 is 0 Å². The number of rotatable bonds is 5. The number of carbonyl (C=O) groups excluding carboxylic acids is 1. The van der Waals surface area contributed by atoms with Crippen LogP contribution in [0.15, 0.2) is 79.0 Å². The Balaban J connectivity index is 1.82. The van der Waals surface area contributed by atoms with E-state index in [2.05, 4.69) is 53.2 Å². The van der Waals surface area contributed by atoms with Gasteiger partial charge in [0.1, 0.15) is 6.29 Å². The second kappa shape index (κ2) is 7.32. The van der Waals surface area contributed by atoms with Gasteiger partial charge in [-0.3, -0.25) is 4.79 Å². The SMILES string of the molecule is O=Cc1ccc(C=Cc2cccc[n+]2Cc2ccccc2)cc1. The Morgan fingerprint density at radius 2 is 1.43 bits per heavy atom. The molecule has 3 rings (SSSR count). The molecule has 3 aromatic rings. The standard InChI is InChI=1S/C21H18NO/c23-17-20-11-9-18(10-12-20)13-14-21-8-4-5-15-22(21)16-19-6-2-1-3-7-19/h1-15,17H,16H2/q+1. The number of aldehydes is 1. The van der Waals surface area contributed by atoms with Gasteiger partial charge in [-0.25, -0.2) is 0 Å². The molecule has 0 bridgehead atoms. The highest BCUT2D eigenvalue weighted by molar-refractivity contribution is 5.76. The van der Waals surface area contributed by atoms with Crippen molar-refractivity contribution < 1.29 is 9.36 Å². The van der Waals surface area contributed by atoms with Crippen LogP contribution in [0.4, 0.5) is 0 Å². The average Bonchev–Trinajstić information content (AvgIpc) is 2.62. The first-order valence-corrected chi connectivity index (χ1v) is 7.61. The monoisotopic (exact) mass is 300 g/mol. The minimum absolute atomic E-state index is 0.695. The first-order chi connectivity index (χ1) is 11.3. The van der Waals surface area contributed by atoms with Gasteiger partial charge in [-0.05, 0) is 17.7 Å². The lowest BCUT2D eigenvalue weighted by atomic mass is 10.1. The maximum absolute atomic E-state index is 10.7. The number of nitrogens with zero attached hydrogens (tertiary/aromatic N) is 1. The minimum Gasteiger partial charge on any atom is -0.298 e. The smallest absolute Gasteiger partial charge is 0.205 e. The van der Waals surface area contributed by atoms with E-state index in [0.717, 1.165) is 24.1 Å². The molecule has 0 fully saturated rings. The fourth-order valence-corrected chi connectivity index (χ4v) is 2.43. The number of aromatic nitrogens is 1. The van der Waals surface area contributed by atoms with Crippen molar-refractivity contribution in [2.24, 2.45) is 0 Å². The van der Waals surface area contributed by atoms with Gasteiger partial charge in [0.15, 0.2) is 12.7 Å². The van der Waals surface area contributed by atoms with Crippen molar-refractivity contribution in [1.82, 2.24) is 0 Å². The third kappa shape index (κ3) is 4.01. The molecule has 0 radical (unpaired) electrons. The van der Waals surface area contributed by atoms with Gasteiger partial charge >= 0.3 is 0 Å². The van der Waals surface area contributed by atoms with Crippen molar-refractivity contribution in [3.63, 3.8) is 0 Å². The summed E-state index contributed by atoms with van der Waals surface area (Å²) in [5.41, 5.74) is 4.18. The van der Waals surface area contributed by atoms with Gasteiger partial charge in [-0.2, -0.15) is 4.57 Å². The van der Waals surface area contributed by atoms with Gasteiger partial charge in [-0.15, -0.1) is 0 Å². The number of hydrogen-bond acceptors (Lipinski definition) is 1. The maximum Gasteiger partial charge on any atom is 0.205 e. The number of hydrogen-bond donors (Lipinski definition) is 0. The quantitative estimate of drug-likeness (QED) is 0.515. The average molecular weight is 300 g/mol. The Morgan fingerprint density at radius 1 is 0.739 bits per heavy atom. The van der Waals surface area contributed by atoms with Crippen LogP contribution in [-0.2, 0) is 6.54 Å². The minimum atomic E-state index is 0.695. The highest BCUT2D eigenvalue weighted by Gasteiger charge is 2.07. The highest BCUT2D eigenvalue weighted by atomic mass is 16.1. The summed E-state index contributed by atoms with van der Waals surface area (Å²) in [5.74, 6) is 0. The van der Waals surface area contributed by atoms with Crippen LogP contribution < -0.4 is 4.57 Å². The fourth-order valence-electron chi connectivity index (χ4n) is 2.43. The van der Waals surface area contributed by atoms with Crippen LogP contribution in [0.2, 0.25) is 0 Å². The molecule has 112 valence electrons. The topological polar surface area (TPSA) is 20.9 Å². The third-order valence-electron chi connectivity index (χ3n) is 3.69. The van der Waals surface area contributed by atoms with Crippen LogP contribution in [0.5, 0.6) is 0 Å². The van der Waals surface area contributed by atoms with Crippen molar-refractivity contribution >= 4 is 18.4 Å². The van der Waals surface area contributed by atoms with Gasteiger partial charge in [-0.1, -0.05) is 54.6 Å². The van der Waals surface area contributed by atoms with E-state index in [1.807, 2.05) is 42.5 Å². The van der Waals surface area contributed by atoms with Crippen LogP contribution in [0.25, 0.3) is 12.2 Å². The Morgan fingerprint density at radius 3 is 2.17 bits per heavy atom. The second-order valence-electron chi connectivity index (χ2n) is 5.36. The zero-order valence-corrected chi connectivity index (χ0v) is 12.8. The molecule has 0 saturated carbocycles. The molecule has 0 saturated heterocycles. The molecule has 2 nitrogen and oxygen atoms in total. The number of pyridine rings is 1. The van der Waals surface area contributed by atoms with E-state index in [1.165, 1.54) is 5.56 Å². The van der Waals surface area contributed by atoms with E-state index >= 15 is 0 Å². The molecule has 23 heavy (non-hydrogen) atoms. The molecule has 0 aliphatic carbocycles. The Labute approximate surface area is 136 Å². The molecular weight excluding hydrogens is 282 g/mol. The lowest BCUT2D eigenvalue weighted by molar-refractivity contribution is -0.690. The molecule has 2 aromatic carbocycles. The summed E-state index contributed by atoms with van der Waals surface area (Å²) in [4.78, 5) is 10.7. The normalized spacial score (nSPS) is 10.8. The summed E-state index contributed by atoms with van der Waals surface area (Å²) in [5, 5.41) is 0. The van der Waals surface area contributed by atoms with Gasteiger partial charge in [0.05, 0.1) is 0 Å². The Hall–Kier alpha value is -3.00. The van der Waals surface area contributed by atoms with Crippen LogP contribution in [0.1, 0.15) is 27.2 Å². The van der Waals surface area contributed by atoms with Crippen molar-refractivity contribution in [1.29, 1.82) is 0 Å². The number of carbonyl (C=O) groups is 1. The van der Waals surface area contributed by atoms with Crippen molar-refractivity contribution in [2.75, 3.05) is 0 Å². The van der Waals surface area contributed by atoms with Crippen molar-refractivity contribution in [3.8, 4) is 0 Å². The second-order valence-corrected chi connectivity index (χ2v) is 5.36. The predicted octanol–water partition coefficient (Wildman–Crippen LogP) is 4.01. The fraction of sp³-hybridized carbons (Fsp3) is 0.0476. The van der Waals surface area contributed by atoms with Gasteiger partial charge in [0.25, 0.3) is 0 Å². The summed E-state index contributed by atoms with van der Waals surface area (Å²) in [6, 6.07) is 24.1. The molecular formula is C21H18NO+. The molecule has 0 unspecified atom stereocenters. The summed E-state index contributed by atoms with van der Waals surface area (Å²) in [6.07, 6.45) is 7.10. The molecule has 0 aliphatic rings. The lowest BCUT2D eigenvalue weighted by Crippen LogP contribution is -2.36.